The topological polar surface area (TPSA) is 153 Å². The van der Waals surface area contributed by atoms with Crippen LogP contribution in [0.25, 0.3) is 10.8 Å². The quantitative estimate of drug-likeness (QED) is 0.237. The van der Waals surface area contributed by atoms with Gasteiger partial charge in [-0.25, -0.2) is 4.98 Å². The van der Waals surface area contributed by atoms with Gasteiger partial charge in [-0.2, -0.15) is 0 Å². The van der Waals surface area contributed by atoms with Crippen LogP contribution in [0.3, 0.4) is 0 Å². The van der Waals surface area contributed by atoms with Crippen molar-refractivity contribution in [3.05, 3.63) is 42.6 Å². The van der Waals surface area contributed by atoms with Crippen molar-refractivity contribution >= 4 is 36.0 Å². The molecular formula is C35H47N2O9P. The Morgan fingerprint density at radius 1 is 1.28 bits per heavy atom. The van der Waals surface area contributed by atoms with Crippen LogP contribution >= 0.6 is 7.60 Å². The predicted molar refractivity (Wildman–Crippen MR) is 176 cm³/mol. The zero-order valence-electron chi connectivity index (χ0n) is 27.9. The van der Waals surface area contributed by atoms with Crippen LogP contribution in [0.2, 0.25) is 0 Å². The molecule has 1 aromatic carbocycles. The largest absolute Gasteiger partial charge is 0.496 e. The summed E-state index contributed by atoms with van der Waals surface area (Å²) < 4.78 is 30.4. The van der Waals surface area contributed by atoms with Gasteiger partial charge in [0.25, 0.3) is 0 Å². The maximum Gasteiger partial charge on any atom is 0.332 e. The number of cyclic esters (lactones) is 1. The number of rotatable bonds is 6. The van der Waals surface area contributed by atoms with Crippen molar-refractivity contribution in [3.63, 3.8) is 0 Å². The second-order valence-corrected chi connectivity index (χ2v) is 16.6. The molecule has 3 aliphatic rings. The summed E-state index contributed by atoms with van der Waals surface area (Å²) in [6.45, 7) is 11.6. The van der Waals surface area contributed by atoms with Gasteiger partial charge in [0, 0.05) is 24.4 Å². The van der Waals surface area contributed by atoms with E-state index in [1.165, 1.54) is 11.0 Å². The van der Waals surface area contributed by atoms with E-state index in [0.29, 0.717) is 5.88 Å². The summed E-state index contributed by atoms with van der Waals surface area (Å²) >= 11 is 0. The second kappa shape index (κ2) is 13.3. The zero-order chi connectivity index (χ0) is 34.3. The maximum atomic E-state index is 14.4. The van der Waals surface area contributed by atoms with Crippen molar-refractivity contribution in [1.29, 1.82) is 0 Å². The van der Waals surface area contributed by atoms with E-state index >= 15 is 0 Å². The number of aryl methyl sites for hydroxylation is 1. The number of ether oxygens (including phenoxy) is 3. The molecule has 1 amide bonds. The molecule has 47 heavy (non-hydrogen) atoms. The Hall–Kier alpha value is -3.27. The minimum Gasteiger partial charge on any atom is -0.496 e. The second-order valence-electron chi connectivity index (χ2n) is 14.6. The molecule has 4 bridgehead atoms. The number of aromatic nitrogens is 1. The average Bonchev–Trinajstić information content (AvgIpc) is 3.57. The van der Waals surface area contributed by atoms with E-state index in [0.717, 1.165) is 41.3 Å². The van der Waals surface area contributed by atoms with Gasteiger partial charge in [-0.1, -0.05) is 33.8 Å². The molecule has 2 aliphatic heterocycles. The summed E-state index contributed by atoms with van der Waals surface area (Å²) in [6.07, 6.45) is 4.56. The fourth-order valence-electron chi connectivity index (χ4n) is 7.12. The summed E-state index contributed by atoms with van der Waals surface area (Å²) in [6, 6.07) is 4.82. The Balaban J connectivity index is 1.54. The first kappa shape index (κ1) is 35.0. The molecule has 2 fully saturated rings. The van der Waals surface area contributed by atoms with Crippen molar-refractivity contribution in [3.8, 4) is 11.6 Å². The van der Waals surface area contributed by atoms with Gasteiger partial charge in [0.05, 0.1) is 43.8 Å². The summed E-state index contributed by atoms with van der Waals surface area (Å²) in [5.74, 6) is -1.44. The number of esters is 1. The van der Waals surface area contributed by atoms with E-state index in [2.05, 4.69) is 11.6 Å². The standard InChI is InChI=1S/C35H47N2O9P/c1-7-24-17-35(24,47(41,42)43)18-29(38)28-15-25-19-37(28)33(40)27(34(3,4)5)16-31(39)45-20-21(2)9-8-10-23-13-26-22(14-30(23)44-6)11-12-36-32(26)46-25/h7,11-14,21,24-25,27-28H,1,8-10,15-20H2,2-6H3,(H2,41,42,43)/t21-,24?,25-,27-,28+,35?/m1/s1. The molecule has 1 aromatic heterocycles. The molecule has 1 saturated carbocycles. The number of carbonyl (C=O) groups excluding carboxylic acids is 3. The van der Waals surface area contributed by atoms with Crippen LogP contribution in [0, 0.1) is 23.2 Å². The molecule has 6 atom stereocenters. The SMILES string of the molecule is C=CC1CC1(CC(=O)[C@@H]1C[C@@H]2CN1C(=O)[C@H](C(C)(C)C)CC(=O)OC[C@H](C)CCCc1cc3c(nccc3cc1OC)O2)P(=O)(O)O. The van der Waals surface area contributed by atoms with E-state index < -0.39 is 66.2 Å². The van der Waals surface area contributed by atoms with Crippen LogP contribution in [0.4, 0.5) is 0 Å². The number of nitrogens with zero attached hydrogens (tertiary/aromatic N) is 2. The molecule has 2 N–H and O–H groups in total. The summed E-state index contributed by atoms with van der Waals surface area (Å²) in [4.78, 5) is 68.0. The molecular weight excluding hydrogens is 623 g/mol. The third-order valence-corrected chi connectivity index (χ3v) is 12.0. The molecule has 256 valence electrons. The van der Waals surface area contributed by atoms with Gasteiger partial charge in [0.1, 0.15) is 11.9 Å². The first-order valence-corrected chi connectivity index (χ1v) is 18.0. The van der Waals surface area contributed by atoms with Crippen LogP contribution in [0.15, 0.2) is 37.1 Å². The minimum atomic E-state index is -4.66. The van der Waals surface area contributed by atoms with Gasteiger partial charge in [-0.05, 0) is 72.1 Å². The van der Waals surface area contributed by atoms with Crippen molar-refractivity contribution in [2.24, 2.45) is 23.2 Å². The fourth-order valence-corrected chi connectivity index (χ4v) is 8.46. The molecule has 2 aromatic rings. The van der Waals surface area contributed by atoms with E-state index in [9.17, 15) is 28.7 Å². The van der Waals surface area contributed by atoms with Gasteiger partial charge in [-0.3, -0.25) is 18.9 Å². The molecule has 2 unspecified atom stereocenters. The smallest absolute Gasteiger partial charge is 0.332 e. The molecule has 5 rings (SSSR count). The third kappa shape index (κ3) is 7.27. The predicted octanol–water partition coefficient (Wildman–Crippen LogP) is 5.24. The Morgan fingerprint density at radius 3 is 2.66 bits per heavy atom. The number of benzene rings is 1. The molecule has 12 heteroatoms. The van der Waals surface area contributed by atoms with E-state index in [4.69, 9.17) is 14.2 Å². The van der Waals surface area contributed by atoms with Gasteiger partial charge >= 0.3 is 13.6 Å². The Kier molecular flexibility index (Phi) is 9.94. The molecule has 0 radical (unpaired) electrons. The van der Waals surface area contributed by atoms with Crippen molar-refractivity contribution in [2.45, 2.75) is 89.9 Å². The minimum absolute atomic E-state index is 0.0444. The number of Topliss-reactive ketones (excluding diaryl/α,β-unsaturated/α-hetero) is 1. The highest BCUT2D eigenvalue weighted by molar-refractivity contribution is 7.54. The van der Waals surface area contributed by atoms with Crippen LogP contribution in [-0.4, -0.2) is 74.9 Å². The average molecular weight is 671 g/mol. The zero-order valence-corrected chi connectivity index (χ0v) is 28.8. The monoisotopic (exact) mass is 670 g/mol. The highest BCUT2D eigenvalue weighted by atomic mass is 31.2. The molecule has 0 spiro atoms. The highest BCUT2D eigenvalue weighted by Crippen LogP contribution is 2.71. The fraction of sp³-hybridized carbons (Fsp3) is 0.600. The number of ketones is 1. The van der Waals surface area contributed by atoms with E-state index in [1.54, 1.807) is 13.3 Å². The lowest BCUT2D eigenvalue weighted by Gasteiger charge is -2.35. The first-order chi connectivity index (χ1) is 22.1. The summed E-state index contributed by atoms with van der Waals surface area (Å²) in [7, 11) is -3.03. The number of hydrogen-bond acceptors (Lipinski definition) is 8. The normalized spacial score (nSPS) is 29.1. The summed E-state index contributed by atoms with van der Waals surface area (Å²) in [5, 5.41) is 0.116. The Labute approximate surface area is 276 Å². The van der Waals surface area contributed by atoms with Gasteiger partial charge < -0.3 is 28.9 Å². The van der Waals surface area contributed by atoms with E-state index in [-0.39, 0.29) is 38.3 Å². The lowest BCUT2D eigenvalue weighted by atomic mass is 9.77. The van der Waals surface area contributed by atoms with Crippen molar-refractivity contribution < 1.29 is 42.9 Å². The first-order valence-electron chi connectivity index (χ1n) is 16.4. The lowest BCUT2D eigenvalue weighted by Crippen LogP contribution is -2.48. The highest BCUT2D eigenvalue weighted by Gasteiger charge is 2.65. The van der Waals surface area contributed by atoms with E-state index in [1.807, 2.05) is 45.9 Å². The number of methoxy groups -OCH3 is 1. The van der Waals surface area contributed by atoms with Gasteiger partial charge in [-0.15, -0.1) is 6.58 Å². The van der Waals surface area contributed by atoms with Crippen LogP contribution in [-0.2, 0) is 30.1 Å². The molecule has 11 nitrogen and oxygen atoms in total. The number of hydrogen-bond donors (Lipinski definition) is 2. The Bertz CT molecular complexity index is 1600. The van der Waals surface area contributed by atoms with Gasteiger partial charge in [0.2, 0.25) is 11.8 Å². The number of allylic oxidation sites excluding steroid dienone is 1. The Morgan fingerprint density at radius 2 is 2.02 bits per heavy atom. The van der Waals surface area contributed by atoms with Gasteiger partial charge in [0.15, 0.2) is 5.78 Å². The number of amides is 1. The molecule has 3 heterocycles. The third-order valence-electron chi connectivity index (χ3n) is 10.2. The lowest BCUT2D eigenvalue weighted by molar-refractivity contribution is -0.153. The van der Waals surface area contributed by atoms with Crippen molar-refractivity contribution in [2.75, 3.05) is 20.3 Å². The van der Waals surface area contributed by atoms with Crippen LogP contribution in [0.1, 0.15) is 71.8 Å². The van der Waals surface area contributed by atoms with Crippen LogP contribution in [0.5, 0.6) is 11.6 Å². The molecule has 1 saturated heterocycles. The number of pyridine rings is 1. The van der Waals surface area contributed by atoms with Crippen LogP contribution < -0.4 is 9.47 Å². The maximum absolute atomic E-state index is 14.4. The summed E-state index contributed by atoms with van der Waals surface area (Å²) in [5.41, 5.74) is 0.329. The number of fused-ring (bicyclic) bond motifs is 3. The van der Waals surface area contributed by atoms with Crippen molar-refractivity contribution in [1.82, 2.24) is 9.88 Å². The number of carbonyl (C=O) groups is 3. The molecule has 1 aliphatic carbocycles.